The number of aryl methyl sites for hydroxylation is 1. The molecule has 0 spiro atoms. The van der Waals surface area contributed by atoms with E-state index in [9.17, 15) is 9.50 Å². The molecule has 0 saturated carbocycles. The first-order valence-corrected chi connectivity index (χ1v) is 16.3. The molecular formula is C35H39F2N5O3. The number of nitrogens with zero attached hydrogens (tertiary/aromatic N) is 4. The Morgan fingerprint density at radius 3 is 2.87 bits per heavy atom. The number of fused-ring (bicyclic) bond motifs is 4. The highest BCUT2D eigenvalue weighted by Crippen LogP contribution is 2.46. The highest BCUT2D eigenvalue weighted by atomic mass is 19.1. The third-order valence-electron chi connectivity index (χ3n) is 10.5. The van der Waals surface area contributed by atoms with Crippen LogP contribution >= 0.6 is 0 Å². The fourth-order valence-corrected chi connectivity index (χ4v) is 8.17. The van der Waals surface area contributed by atoms with Crippen molar-refractivity contribution in [3.63, 3.8) is 0 Å². The molecule has 4 atom stereocenters. The molecule has 0 aliphatic carbocycles. The first-order chi connectivity index (χ1) is 21.9. The number of hydrogen-bond acceptors (Lipinski definition) is 8. The Morgan fingerprint density at radius 2 is 2.02 bits per heavy atom. The quantitative estimate of drug-likeness (QED) is 0.283. The van der Waals surface area contributed by atoms with Crippen LogP contribution in [0.4, 0.5) is 14.6 Å². The van der Waals surface area contributed by atoms with Gasteiger partial charge in [-0.3, -0.25) is 4.90 Å². The molecule has 0 amide bonds. The van der Waals surface area contributed by atoms with Crippen molar-refractivity contribution < 1.29 is 23.4 Å². The first-order valence-electron chi connectivity index (χ1n) is 16.3. The smallest absolute Gasteiger partial charge is 0.319 e. The maximum Gasteiger partial charge on any atom is 0.319 e. The Kier molecular flexibility index (Phi) is 6.98. The van der Waals surface area contributed by atoms with Crippen LogP contribution < -0.4 is 19.7 Å². The second-order valence-electron chi connectivity index (χ2n) is 13.1. The largest absolute Gasteiger partial charge is 0.508 e. The number of benzene rings is 3. The molecule has 3 fully saturated rings. The Balaban J connectivity index is 1.32. The Labute approximate surface area is 261 Å². The van der Waals surface area contributed by atoms with Crippen molar-refractivity contribution in [2.24, 2.45) is 0 Å². The lowest BCUT2D eigenvalue weighted by Gasteiger charge is -2.39. The summed E-state index contributed by atoms with van der Waals surface area (Å²) in [7, 11) is 0. The molecule has 0 radical (unpaired) electrons. The van der Waals surface area contributed by atoms with Gasteiger partial charge in [-0.15, -0.1) is 0 Å². The third kappa shape index (κ3) is 4.67. The van der Waals surface area contributed by atoms with Crippen molar-refractivity contribution in [1.29, 1.82) is 0 Å². The molecule has 2 N–H and O–H groups in total. The number of ether oxygens (including phenoxy) is 2. The number of hydrogen-bond donors (Lipinski definition) is 2. The monoisotopic (exact) mass is 615 g/mol. The van der Waals surface area contributed by atoms with E-state index in [0.717, 1.165) is 48.6 Å². The van der Waals surface area contributed by atoms with Gasteiger partial charge in [0.05, 0.1) is 17.0 Å². The molecule has 45 heavy (non-hydrogen) atoms. The number of alkyl halides is 1. The second-order valence-corrected chi connectivity index (χ2v) is 13.1. The van der Waals surface area contributed by atoms with Gasteiger partial charge in [-0.1, -0.05) is 32.0 Å². The van der Waals surface area contributed by atoms with Crippen LogP contribution in [-0.4, -0.2) is 83.2 Å². The zero-order valence-electron chi connectivity index (χ0n) is 25.8. The van der Waals surface area contributed by atoms with E-state index >= 15 is 4.39 Å². The molecule has 3 aromatic carbocycles. The van der Waals surface area contributed by atoms with Crippen LogP contribution in [0.25, 0.3) is 32.8 Å². The number of anilines is 1. The molecule has 4 aromatic rings. The van der Waals surface area contributed by atoms with Gasteiger partial charge >= 0.3 is 6.01 Å². The lowest BCUT2D eigenvalue weighted by molar-refractivity contribution is 0.107. The minimum atomic E-state index is -0.881. The minimum Gasteiger partial charge on any atom is -0.508 e. The van der Waals surface area contributed by atoms with Crippen molar-refractivity contribution in [3.05, 3.63) is 47.8 Å². The summed E-state index contributed by atoms with van der Waals surface area (Å²) in [6.07, 6.45) is 3.08. The van der Waals surface area contributed by atoms with Crippen molar-refractivity contribution >= 4 is 27.5 Å². The van der Waals surface area contributed by atoms with E-state index in [2.05, 4.69) is 29.0 Å². The number of halogens is 2. The second kappa shape index (κ2) is 10.9. The zero-order chi connectivity index (χ0) is 30.9. The lowest BCUT2D eigenvalue weighted by atomic mass is 9.92. The minimum absolute atomic E-state index is 0.0167. The summed E-state index contributed by atoms with van der Waals surface area (Å²) in [5.41, 5.74) is 1.67. The average molecular weight is 616 g/mol. The van der Waals surface area contributed by atoms with E-state index in [4.69, 9.17) is 19.4 Å². The summed E-state index contributed by atoms with van der Waals surface area (Å²) >= 11 is 0. The van der Waals surface area contributed by atoms with Crippen molar-refractivity contribution in [3.8, 4) is 28.6 Å². The predicted molar refractivity (Wildman–Crippen MR) is 171 cm³/mol. The number of aromatic nitrogens is 2. The molecule has 5 heterocycles. The molecule has 1 aromatic heterocycles. The maximum atomic E-state index is 17.1. The first kappa shape index (κ1) is 28.7. The van der Waals surface area contributed by atoms with Gasteiger partial charge in [-0.25, -0.2) is 8.78 Å². The molecule has 0 bridgehead atoms. The Hall–Kier alpha value is -3.76. The van der Waals surface area contributed by atoms with Crippen LogP contribution in [-0.2, 0) is 6.42 Å². The molecular weight excluding hydrogens is 576 g/mol. The fraction of sp³-hybridized carbons (Fsp3) is 0.486. The van der Waals surface area contributed by atoms with Crippen LogP contribution in [0.5, 0.6) is 17.5 Å². The van der Waals surface area contributed by atoms with Gasteiger partial charge in [0.25, 0.3) is 0 Å². The number of piperazine rings is 1. The Bertz CT molecular complexity index is 1800. The van der Waals surface area contributed by atoms with Gasteiger partial charge in [0.15, 0.2) is 5.82 Å². The fourth-order valence-electron chi connectivity index (χ4n) is 8.17. The predicted octanol–water partition coefficient (Wildman–Crippen LogP) is 5.76. The number of phenolic OH excluding ortho intramolecular Hbond substituents is 1. The van der Waals surface area contributed by atoms with Crippen LogP contribution in [0.2, 0.25) is 0 Å². The van der Waals surface area contributed by atoms with Gasteiger partial charge in [0, 0.05) is 37.7 Å². The summed E-state index contributed by atoms with van der Waals surface area (Å²) < 4.78 is 44.4. The third-order valence-corrected chi connectivity index (χ3v) is 10.5. The zero-order valence-corrected chi connectivity index (χ0v) is 25.8. The van der Waals surface area contributed by atoms with Crippen LogP contribution in [0.3, 0.4) is 0 Å². The van der Waals surface area contributed by atoms with Gasteiger partial charge in [0.2, 0.25) is 0 Å². The molecule has 8 nitrogen and oxygen atoms in total. The summed E-state index contributed by atoms with van der Waals surface area (Å²) in [6.45, 7) is 7.53. The van der Waals surface area contributed by atoms with Gasteiger partial charge in [0.1, 0.15) is 42.2 Å². The van der Waals surface area contributed by atoms with E-state index in [1.165, 1.54) is 0 Å². The van der Waals surface area contributed by atoms with Crippen molar-refractivity contribution in [2.75, 3.05) is 44.3 Å². The van der Waals surface area contributed by atoms with E-state index in [1.807, 2.05) is 18.2 Å². The summed E-state index contributed by atoms with van der Waals surface area (Å²) in [6, 6.07) is 11.3. The van der Waals surface area contributed by atoms with Crippen molar-refractivity contribution in [2.45, 2.75) is 69.7 Å². The van der Waals surface area contributed by atoms with E-state index in [1.54, 1.807) is 18.2 Å². The standard InChI is InChI=1S/C35H39F2N5O3/c1-3-20-7-5-8-21-11-25(43)12-26(29(20)21)27-13-28-30-32(31(27)37)39-34(45-19-35-9-6-10-41(35)16-22(36)14-35)40-33(30)42-17-23(4-2)38-15-24(42)18-44-28/h5,7-8,11-13,22-24,38,43H,3-4,6,9-10,14-19H2,1-2H3/t22-,23-,24+,35+/m1/s1. The SMILES string of the molecule is CCc1cccc2cc(O)cc(-c3cc4c5c(nc(OC[C@@]67CCCN6C[C@H](F)C7)nc5c3F)N3C[C@@H](CC)NC[C@H]3CO4)c12. The maximum absolute atomic E-state index is 17.1. The highest BCUT2D eigenvalue weighted by molar-refractivity contribution is 6.05. The average Bonchev–Trinajstić information content (AvgIpc) is 3.52. The molecule has 10 heteroatoms. The number of aromatic hydroxyl groups is 1. The van der Waals surface area contributed by atoms with Crippen LogP contribution in [0, 0.1) is 5.82 Å². The molecule has 236 valence electrons. The van der Waals surface area contributed by atoms with Gasteiger partial charge in [-0.2, -0.15) is 9.97 Å². The van der Waals surface area contributed by atoms with Crippen molar-refractivity contribution in [1.82, 2.24) is 20.2 Å². The molecule has 4 aliphatic heterocycles. The summed E-state index contributed by atoms with van der Waals surface area (Å²) in [5.74, 6) is 0.645. The molecule has 0 unspecified atom stereocenters. The van der Waals surface area contributed by atoms with Crippen LogP contribution in [0.1, 0.15) is 45.1 Å². The molecule has 8 rings (SSSR count). The number of rotatable bonds is 6. The molecule has 3 saturated heterocycles. The molecule has 4 aliphatic rings. The number of nitrogens with one attached hydrogen (secondary N) is 1. The van der Waals surface area contributed by atoms with E-state index in [-0.39, 0.29) is 41.5 Å². The van der Waals surface area contributed by atoms with E-state index in [0.29, 0.717) is 60.7 Å². The number of phenols is 1. The lowest BCUT2D eigenvalue weighted by Crippen LogP contribution is -2.58. The van der Waals surface area contributed by atoms with E-state index < -0.39 is 12.0 Å². The Morgan fingerprint density at radius 1 is 1.13 bits per heavy atom. The highest BCUT2D eigenvalue weighted by Gasteiger charge is 2.49. The van der Waals surface area contributed by atoms with Crippen LogP contribution in [0.15, 0.2) is 36.4 Å². The van der Waals surface area contributed by atoms with Gasteiger partial charge < -0.3 is 24.8 Å². The summed E-state index contributed by atoms with van der Waals surface area (Å²) in [4.78, 5) is 14.1. The van der Waals surface area contributed by atoms with Gasteiger partial charge in [-0.05, 0) is 72.3 Å². The summed E-state index contributed by atoms with van der Waals surface area (Å²) in [5, 5.41) is 16.6. The topological polar surface area (TPSA) is 83.0 Å². The normalized spacial score (nSPS) is 26.1.